The summed E-state index contributed by atoms with van der Waals surface area (Å²) in [7, 11) is 0. The van der Waals surface area contributed by atoms with Crippen molar-refractivity contribution in [3.63, 3.8) is 0 Å². The molecule has 1 rings (SSSR count). The van der Waals surface area contributed by atoms with Crippen LogP contribution in [0.15, 0.2) is 24.1 Å². The Balaban J connectivity index is 2.68. The van der Waals surface area contributed by atoms with Gasteiger partial charge in [-0.05, 0) is 18.6 Å². The first kappa shape index (κ1) is 3.59. The van der Waals surface area contributed by atoms with Crippen molar-refractivity contribution in [1.82, 2.24) is 0 Å². The minimum atomic E-state index is -0.102. The zero-order valence-electron chi connectivity index (χ0n) is 3.32. The van der Waals surface area contributed by atoms with Crippen molar-refractivity contribution in [2.75, 3.05) is 0 Å². The number of rotatable bonds is 0. The molecule has 0 aromatic carbocycles. The van der Waals surface area contributed by atoms with Crippen LogP contribution in [-0.4, -0.2) is 0 Å². The summed E-state index contributed by atoms with van der Waals surface area (Å²) in [6, 6.07) is 0. The van der Waals surface area contributed by atoms with Crippen molar-refractivity contribution < 1.29 is 4.39 Å². The molecule has 0 amide bonds. The Labute approximate surface area is 36.0 Å². The van der Waals surface area contributed by atoms with E-state index < -0.39 is 0 Å². The first-order valence-corrected chi connectivity index (χ1v) is 1.92. The Morgan fingerprint density at radius 1 is 1.67 bits per heavy atom. The average molecular weight is 84.1 g/mol. The van der Waals surface area contributed by atoms with E-state index in [1.807, 2.05) is 0 Å². The molecule has 0 radical (unpaired) electrons. The van der Waals surface area contributed by atoms with Gasteiger partial charge in [-0.1, -0.05) is 6.08 Å². The van der Waals surface area contributed by atoms with E-state index in [0.29, 0.717) is 0 Å². The summed E-state index contributed by atoms with van der Waals surface area (Å²) in [6.07, 6.45) is 5.57. The molecule has 0 aromatic rings. The predicted octanol–water partition coefficient (Wildman–Crippen LogP) is 1.80. The molecule has 0 saturated carbocycles. The van der Waals surface area contributed by atoms with Crippen LogP contribution in [-0.2, 0) is 0 Å². The van der Waals surface area contributed by atoms with Gasteiger partial charge >= 0.3 is 0 Å². The Morgan fingerprint density at radius 3 is 2.67 bits per heavy atom. The van der Waals surface area contributed by atoms with Gasteiger partial charge in [0.2, 0.25) is 0 Å². The Hall–Kier alpha value is -0.590. The topological polar surface area (TPSA) is 0 Å². The molecule has 6 heavy (non-hydrogen) atoms. The molecule has 0 unspecified atom stereocenters. The van der Waals surface area contributed by atoms with Crippen molar-refractivity contribution in [2.45, 2.75) is 6.42 Å². The maximum atomic E-state index is 11.7. The normalized spacial score (nSPS) is 18.5. The van der Waals surface area contributed by atoms with Crippen molar-refractivity contribution in [1.29, 1.82) is 0 Å². The van der Waals surface area contributed by atoms with E-state index in [1.165, 1.54) is 6.08 Å². The second kappa shape index (κ2) is 1.25. The van der Waals surface area contributed by atoms with E-state index in [2.05, 4.69) is 0 Å². The van der Waals surface area contributed by atoms with Crippen LogP contribution < -0.4 is 0 Å². The summed E-state index contributed by atoms with van der Waals surface area (Å²) in [5, 5.41) is 0. The van der Waals surface area contributed by atoms with E-state index in [4.69, 9.17) is 0 Å². The molecule has 0 spiro atoms. The van der Waals surface area contributed by atoms with Crippen LogP contribution >= 0.6 is 0 Å². The van der Waals surface area contributed by atoms with Crippen LogP contribution in [0.4, 0.5) is 4.39 Å². The smallest absolute Gasteiger partial charge is 0.119 e. The van der Waals surface area contributed by atoms with Crippen LogP contribution in [0.1, 0.15) is 6.42 Å². The fourth-order valence-corrected chi connectivity index (χ4v) is 0.429. The fourth-order valence-electron chi connectivity index (χ4n) is 0.429. The number of halogens is 1. The monoisotopic (exact) mass is 84.0 g/mol. The molecule has 0 saturated heterocycles. The number of hydrogen-bond donors (Lipinski definition) is 0. The van der Waals surface area contributed by atoms with Gasteiger partial charge < -0.3 is 0 Å². The van der Waals surface area contributed by atoms with Crippen LogP contribution in [0.25, 0.3) is 0 Å². The summed E-state index contributed by atoms with van der Waals surface area (Å²) in [6.45, 7) is 0. The molecule has 0 N–H and O–H groups in total. The van der Waals surface area contributed by atoms with Crippen LogP contribution in [0.5, 0.6) is 0 Å². The van der Waals surface area contributed by atoms with Crippen LogP contribution in [0.3, 0.4) is 0 Å². The van der Waals surface area contributed by atoms with Gasteiger partial charge in [0.15, 0.2) is 0 Å². The van der Waals surface area contributed by atoms with Gasteiger partial charge in [-0.2, -0.15) is 0 Å². The molecule has 0 bridgehead atoms. The second-order valence-electron chi connectivity index (χ2n) is 1.23. The Bertz CT molecular complexity index is 97.8. The van der Waals surface area contributed by atoms with Gasteiger partial charge in [-0.15, -0.1) is 0 Å². The number of hydrogen-bond acceptors (Lipinski definition) is 0. The molecular formula is C5H5F. The van der Waals surface area contributed by atoms with Crippen molar-refractivity contribution in [2.24, 2.45) is 0 Å². The first-order chi connectivity index (χ1) is 2.89. The maximum absolute atomic E-state index is 11.7. The zero-order chi connectivity index (χ0) is 4.41. The van der Waals surface area contributed by atoms with Crippen molar-refractivity contribution in [3.8, 4) is 0 Å². The van der Waals surface area contributed by atoms with E-state index in [-0.39, 0.29) is 5.83 Å². The van der Waals surface area contributed by atoms with E-state index >= 15 is 0 Å². The van der Waals surface area contributed by atoms with E-state index in [0.717, 1.165) is 6.42 Å². The van der Waals surface area contributed by atoms with Crippen molar-refractivity contribution in [3.05, 3.63) is 24.1 Å². The highest BCUT2D eigenvalue weighted by atomic mass is 19.1. The molecule has 1 aliphatic carbocycles. The third kappa shape index (κ3) is 0.482. The molecule has 1 aliphatic rings. The first-order valence-electron chi connectivity index (χ1n) is 1.92. The molecule has 32 valence electrons. The quantitative estimate of drug-likeness (QED) is 0.419. The van der Waals surface area contributed by atoms with Gasteiger partial charge in [0, 0.05) is 0 Å². The lowest BCUT2D eigenvalue weighted by molar-refractivity contribution is 0.668. The predicted molar refractivity (Wildman–Crippen MR) is 22.9 cm³/mol. The Morgan fingerprint density at radius 2 is 2.50 bits per heavy atom. The van der Waals surface area contributed by atoms with Gasteiger partial charge in [0.25, 0.3) is 0 Å². The second-order valence-corrected chi connectivity index (χ2v) is 1.23. The highest BCUT2D eigenvalue weighted by Crippen LogP contribution is 2.07. The summed E-state index contributed by atoms with van der Waals surface area (Å²) in [5.74, 6) is -0.102. The molecule has 0 heterocycles. The zero-order valence-corrected chi connectivity index (χ0v) is 3.32. The molecule has 1 heteroatoms. The summed E-state index contributed by atoms with van der Waals surface area (Å²) >= 11 is 0. The summed E-state index contributed by atoms with van der Waals surface area (Å²) < 4.78 is 11.7. The molecule has 0 aromatic heterocycles. The summed E-state index contributed by atoms with van der Waals surface area (Å²) in [5.41, 5.74) is 0. The molecule has 0 nitrogen and oxygen atoms in total. The summed E-state index contributed by atoms with van der Waals surface area (Å²) in [4.78, 5) is 0. The lowest BCUT2D eigenvalue weighted by Crippen LogP contribution is -1.48. The molecular weight excluding hydrogens is 79.1 g/mol. The van der Waals surface area contributed by atoms with Gasteiger partial charge in [-0.25, -0.2) is 4.39 Å². The minimum absolute atomic E-state index is 0.102. The third-order valence-corrected chi connectivity index (χ3v) is 0.726. The van der Waals surface area contributed by atoms with E-state index in [1.54, 1.807) is 12.2 Å². The molecule has 0 aliphatic heterocycles. The average Bonchev–Trinajstić information content (AvgIpc) is 1.86. The van der Waals surface area contributed by atoms with Crippen LogP contribution in [0, 0.1) is 0 Å². The van der Waals surface area contributed by atoms with Gasteiger partial charge in [0.05, 0.1) is 0 Å². The van der Waals surface area contributed by atoms with Crippen LogP contribution in [0.2, 0.25) is 0 Å². The van der Waals surface area contributed by atoms with Gasteiger partial charge in [-0.3, -0.25) is 0 Å². The lowest BCUT2D eigenvalue weighted by atomic mass is 10.5. The lowest BCUT2D eigenvalue weighted by Gasteiger charge is -1.67. The third-order valence-electron chi connectivity index (χ3n) is 0.726. The minimum Gasteiger partial charge on any atom is -0.207 e. The highest BCUT2D eigenvalue weighted by Gasteiger charge is 1.89. The Kier molecular flexibility index (Phi) is 0.748. The SMILES string of the molecule is FC1=CCC=C1. The van der Waals surface area contributed by atoms with E-state index in [9.17, 15) is 4.39 Å². The molecule has 0 fully saturated rings. The standard InChI is InChI=1S/C5H5F/c6-5-3-1-2-4-5/h1,3-4H,2H2. The van der Waals surface area contributed by atoms with Crippen molar-refractivity contribution >= 4 is 0 Å². The highest BCUT2D eigenvalue weighted by molar-refractivity contribution is 5.19. The largest absolute Gasteiger partial charge is 0.207 e. The fraction of sp³-hybridized carbons (Fsp3) is 0.200. The maximum Gasteiger partial charge on any atom is 0.119 e. The molecule has 0 atom stereocenters. The van der Waals surface area contributed by atoms with Gasteiger partial charge in [0.1, 0.15) is 5.83 Å². The number of allylic oxidation sites excluding steroid dienone is 4.